The molecular weight excluding hydrogens is 336 g/mol. The zero-order valence-corrected chi connectivity index (χ0v) is 14.8. The van der Waals surface area contributed by atoms with Crippen molar-refractivity contribution in [3.05, 3.63) is 66.4 Å². The van der Waals surface area contributed by atoms with Crippen LogP contribution in [0, 0.1) is 0 Å². The van der Waals surface area contributed by atoms with Crippen molar-refractivity contribution in [3.63, 3.8) is 0 Å². The smallest absolute Gasteiger partial charge is 0.239 e. The van der Waals surface area contributed by atoms with Crippen LogP contribution in [0.2, 0.25) is 0 Å². The summed E-state index contributed by atoms with van der Waals surface area (Å²) in [5, 5.41) is 3.38. The maximum atomic E-state index is 12.9. The molecule has 5 nitrogen and oxygen atoms in total. The van der Waals surface area contributed by atoms with Gasteiger partial charge in [-0.15, -0.1) is 0 Å². The van der Waals surface area contributed by atoms with Crippen LogP contribution in [0.15, 0.2) is 65.7 Å². The molecule has 1 N–H and O–H groups in total. The molecule has 1 heterocycles. The van der Waals surface area contributed by atoms with Crippen LogP contribution < -0.4 is 5.32 Å². The molecule has 0 unspecified atom stereocenters. The summed E-state index contributed by atoms with van der Waals surface area (Å²) < 4.78 is 27.5. The molecule has 0 saturated heterocycles. The number of hydrogen-bond donors (Lipinski definition) is 1. The molecule has 0 aliphatic carbocycles. The number of para-hydroxylation sites is 1. The van der Waals surface area contributed by atoms with Gasteiger partial charge in [-0.3, -0.25) is 4.79 Å². The van der Waals surface area contributed by atoms with Crippen LogP contribution in [0.5, 0.6) is 0 Å². The number of carbonyl (C=O) groups is 1. The zero-order chi connectivity index (χ0) is 17.9. The minimum Gasteiger partial charge on any atom is -0.355 e. The maximum absolute atomic E-state index is 12.9. The lowest BCUT2D eigenvalue weighted by Gasteiger charge is -2.05. The Hall–Kier alpha value is -2.60. The monoisotopic (exact) mass is 356 g/mol. The molecule has 0 spiro atoms. The highest BCUT2D eigenvalue weighted by molar-refractivity contribution is 7.90. The third-order valence-electron chi connectivity index (χ3n) is 3.97. The fourth-order valence-corrected chi connectivity index (χ4v) is 4.45. The van der Waals surface area contributed by atoms with E-state index in [1.165, 1.54) is 0 Å². The van der Waals surface area contributed by atoms with E-state index in [1.807, 2.05) is 37.3 Å². The fraction of sp³-hybridized carbons (Fsp3) is 0.211. The first kappa shape index (κ1) is 17.2. The summed E-state index contributed by atoms with van der Waals surface area (Å²) in [6.45, 7) is 2.48. The molecule has 0 atom stereocenters. The standard InChI is InChI=1S/C19H20N2O3S/c1-2-20-19(22)13-21-12-18(16-10-6-7-11-17(16)21)25(23,24)14-15-8-4-3-5-9-15/h3-12H,2,13-14H2,1H3,(H,20,22). The number of nitrogens with zero attached hydrogens (tertiary/aromatic N) is 1. The lowest BCUT2D eigenvalue weighted by atomic mass is 10.2. The van der Waals surface area contributed by atoms with E-state index in [4.69, 9.17) is 0 Å². The summed E-state index contributed by atoms with van der Waals surface area (Å²) in [5.74, 6) is -0.210. The third kappa shape index (κ3) is 3.74. The van der Waals surface area contributed by atoms with Gasteiger partial charge in [0.05, 0.1) is 10.6 Å². The van der Waals surface area contributed by atoms with Crippen LogP contribution >= 0.6 is 0 Å². The second kappa shape index (κ2) is 7.11. The van der Waals surface area contributed by atoms with E-state index in [-0.39, 0.29) is 23.1 Å². The van der Waals surface area contributed by atoms with E-state index >= 15 is 0 Å². The van der Waals surface area contributed by atoms with Crippen molar-refractivity contribution in [2.75, 3.05) is 6.54 Å². The van der Waals surface area contributed by atoms with Gasteiger partial charge in [0.2, 0.25) is 5.91 Å². The van der Waals surface area contributed by atoms with Crippen LogP contribution in [-0.2, 0) is 26.9 Å². The fourth-order valence-electron chi connectivity index (χ4n) is 2.87. The Morgan fingerprint density at radius 1 is 1.04 bits per heavy atom. The van der Waals surface area contributed by atoms with Gasteiger partial charge in [-0.05, 0) is 18.6 Å². The first-order valence-corrected chi connectivity index (χ1v) is 9.78. The highest BCUT2D eigenvalue weighted by Crippen LogP contribution is 2.28. The summed E-state index contributed by atoms with van der Waals surface area (Å²) in [6.07, 6.45) is 1.57. The molecule has 1 aromatic heterocycles. The summed E-state index contributed by atoms with van der Waals surface area (Å²) in [6, 6.07) is 16.3. The molecule has 25 heavy (non-hydrogen) atoms. The summed E-state index contributed by atoms with van der Waals surface area (Å²) in [7, 11) is -3.52. The van der Waals surface area contributed by atoms with Crippen molar-refractivity contribution < 1.29 is 13.2 Å². The minimum atomic E-state index is -3.52. The van der Waals surface area contributed by atoms with Crippen molar-refractivity contribution in [1.29, 1.82) is 0 Å². The summed E-state index contributed by atoms with van der Waals surface area (Å²) in [4.78, 5) is 12.2. The number of likely N-dealkylation sites (N-methyl/N-ethyl adjacent to an activating group) is 1. The SMILES string of the molecule is CCNC(=O)Cn1cc(S(=O)(=O)Cc2ccccc2)c2ccccc21. The molecular formula is C19H20N2O3S. The van der Waals surface area contributed by atoms with E-state index in [0.29, 0.717) is 11.9 Å². The van der Waals surface area contributed by atoms with Crippen LogP contribution in [0.1, 0.15) is 12.5 Å². The Morgan fingerprint density at radius 3 is 2.44 bits per heavy atom. The second-order valence-corrected chi connectivity index (χ2v) is 7.79. The molecule has 3 aromatic rings. The molecule has 3 rings (SSSR count). The van der Waals surface area contributed by atoms with Gasteiger partial charge in [0.25, 0.3) is 0 Å². The van der Waals surface area contributed by atoms with Crippen molar-refractivity contribution in [2.45, 2.75) is 24.1 Å². The number of amides is 1. The van der Waals surface area contributed by atoms with Crippen molar-refractivity contribution in [2.24, 2.45) is 0 Å². The van der Waals surface area contributed by atoms with Crippen molar-refractivity contribution in [3.8, 4) is 0 Å². The number of hydrogen-bond acceptors (Lipinski definition) is 3. The molecule has 0 saturated carbocycles. The Bertz CT molecular complexity index is 992. The van der Waals surface area contributed by atoms with E-state index in [0.717, 1.165) is 11.1 Å². The highest BCUT2D eigenvalue weighted by atomic mass is 32.2. The first-order valence-electron chi connectivity index (χ1n) is 8.12. The molecule has 2 aromatic carbocycles. The van der Waals surface area contributed by atoms with Crippen LogP contribution in [0.25, 0.3) is 10.9 Å². The van der Waals surface area contributed by atoms with Crippen LogP contribution in [0.4, 0.5) is 0 Å². The number of nitrogens with one attached hydrogen (secondary N) is 1. The molecule has 0 bridgehead atoms. The Balaban J connectivity index is 2.02. The van der Waals surface area contributed by atoms with Gasteiger partial charge in [0, 0.05) is 23.6 Å². The van der Waals surface area contributed by atoms with Gasteiger partial charge >= 0.3 is 0 Å². The molecule has 6 heteroatoms. The topological polar surface area (TPSA) is 68.2 Å². The molecule has 0 aliphatic heterocycles. The lowest BCUT2D eigenvalue weighted by molar-refractivity contribution is -0.121. The molecule has 130 valence electrons. The van der Waals surface area contributed by atoms with Gasteiger partial charge in [0.1, 0.15) is 6.54 Å². The highest BCUT2D eigenvalue weighted by Gasteiger charge is 2.22. The number of rotatable bonds is 6. The van der Waals surface area contributed by atoms with Crippen LogP contribution in [-0.4, -0.2) is 25.4 Å². The van der Waals surface area contributed by atoms with Crippen molar-refractivity contribution in [1.82, 2.24) is 9.88 Å². The molecule has 0 fully saturated rings. The first-order chi connectivity index (χ1) is 12.0. The predicted octanol–water partition coefficient (Wildman–Crippen LogP) is 2.75. The largest absolute Gasteiger partial charge is 0.355 e. The number of sulfone groups is 1. The van der Waals surface area contributed by atoms with E-state index in [2.05, 4.69) is 5.32 Å². The molecule has 1 amide bonds. The number of fused-ring (bicyclic) bond motifs is 1. The number of aromatic nitrogens is 1. The lowest BCUT2D eigenvalue weighted by Crippen LogP contribution is -2.26. The van der Waals surface area contributed by atoms with Crippen LogP contribution in [0.3, 0.4) is 0 Å². The Labute approximate surface area is 147 Å². The van der Waals surface area contributed by atoms with Gasteiger partial charge in [-0.25, -0.2) is 8.42 Å². The summed E-state index contributed by atoms with van der Waals surface area (Å²) in [5.41, 5.74) is 1.48. The molecule has 0 aliphatic rings. The quantitative estimate of drug-likeness (QED) is 0.738. The Morgan fingerprint density at radius 2 is 1.72 bits per heavy atom. The predicted molar refractivity (Wildman–Crippen MR) is 98.0 cm³/mol. The average molecular weight is 356 g/mol. The number of benzene rings is 2. The van der Waals surface area contributed by atoms with E-state index in [9.17, 15) is 13.2 Å². The maximum Gasteiger partial charge on any atom is 0.239 e. The molecule has 0 radical (unpaired) electrons. The average Bonchev–Trinajstić information content (AvgIpc) is 2.95. The second-order valence-electron chi connectivity index (χ2n) is 5.84. The minimum absolute atomic E-state index is 0.0665. The van der Waals surface area contributed by atoms with Crippen molar-refractivity contribution >= 4 is 26.6 Å². The van der Waals surface area contributed by atoms with Gasteiger partial charge in [0.15, 0.2) is 9.84 Å². The third-order valence-corrected chi connectivity index (χ3v) is 5.68. The summed E-state index contributed by atoms with van der Waals surface area (Å²) >= 11 is 0. The normalized spacial score (nSPS) is 11.6. The van der Waals surface area contributed by atoms with Gasteiger partial charge in [-0.2, -0.15) is 0 Å². The van der Waals surface area contributed by atoms with E-state index in [1.54, 1.807) is 35.0 Å². The van der Waals surface area contributed by atoms with Gasteiger partial charge in [-0.1, -0.05) is 48.5 Å². The van der Waals surface area contributed by atoms with E-state index < -0.39 is 9.84 Å². The zero-order valence-electron chi connectivity index (χ0n) is 14.0. The number of carbonyl (C=O) groups excluding carboxylic acids is 1. The van der Waals surface area contributed by atoms with Gasteiger partial charge < -0.3 is 9.88 Å². The Kier molecular flexibility index (Phi) is 4.90.